The SMILES string of the molecule is COc1ccc(C(NC2CCC(SC)CC2)C2CC2)cc1. The lowest BCUT2D eigenvalue weighted by Crippen LogP contribution is -2.37. The standard InChI is InChI=1S/C18H27NOS/c1-20-16-9-5-14(6-10-16)18(13-3-4-13)19-15-7-11-17(21-2)12-8-15/h5-6,9-10,13,15,17-19H,3-4,7-8,11-12H2,1-2H3. The summed E-state index contributed by atoms with van der Waals surface area (Å²) >= 11 is 2.04. The number of benzene rings is 1. The Morgan fingerprint density at radius 3 is 2.24 bits per heavy atom. The summed E-state index contributed by atoms with van der Waals surface area (Å²) < 4.78 is 5.28. The van der Waals surface area contributed by atoms with Crippen molar-refractivity contribution in [2.24, 2.45) is 5.92 Å². The van der Waals surface area contributed by atoms with E-state index in [1.54, 1.807) is 7.11 Å². The van der Waals surface area contributed by atoms with Crippen molar-refractivity contribution in [1.82, 2.24) is 5.32 Å². The van der Waals surface area contributed by atoms with Crippen molar-refractivity contribution in [2.75, 3.05) is 13.4 Å². The van der Waals surface area contributed by atoms with E-state index in [1.807, 2.05) is 11.8 Å². The number of rotatable bonds is 6. The first-order valence-corrected chi connectivity index (χ1v) is 9.51. The van der Waals surface area contributed by atoms with Crippen molar-refractivity contribution in [3.8, 4) is 5.75 Å². The minimum atomic E-state index is 0.548. The second kappa shape index (κ2) is 7.06. The Labute approximate surface area is 133 Å². The number of ether oxygens (including phenoxy) is 1. The van der Waals surface area contributed by atoms with E-state index in [0.717, 1.165) is 16.9 Å². The summed E-state index contributed by atoms with van der Waals surface area (Å²) in [7, 11) is 1.73. The van der Waals surface area contributed by atoms with Crippen molar-refractivity contribution in [2.45, 2.75) is 55.9 Å². The average Bonchev–Trinajstić information content (AvgIpc) is 3.38. The van der Waals surface area contributed by atoms with Crippen molar-refractivity contribution in [3.05, 3.63) is 29.8 Å². The monoisotopic (exact) mass is 305 g/mol. The van der Waals surface area contributed by atoms with E-state index in [-0.39, 0.29) is 0 Å². The van der Waals surface area contributed by atoms with Gasteiger partial charge in [0.05, 0.1) is 7.11 Å². The van der Waals surface area contributed by atoms with Gasteiger partial charge in [0.15, 0.2) is 0 Å². The normalized spacial score (nSPS) is 27.3. The first-order chi connectivity index (χ1) is 10.3. The molecule has 3 heteroatoms. The van der Waals surface area contributed by atoms with Gasteiger partial charge >= 0.3 is 0 Å². The van der Waals surface area contributed by atoms with Gasteiger partial charge in [-0.15, -0.1) is 0 Å². The lowest BCUT2D eigenvalue weighted by molar-refractivity contribution is 0.327. The minimum Gasteiger partial charge on any atom is -0.497 e. The van der Waals surface area contributed by atoms with Crippen LogP contribution in [0.1, 0.15) is 50.1 Å². The molecule has 2 nitrogen and oxygen atoms in total. The second-order valence-electron chi connectivity index (χ2n) is 6.46. The van der Waals surface area contributed by atoms with Crippen LogP contribution in [0.5, 0.6) is 5.75 Å². The quantitative estimate of drug-likeness (QED) is 0.841. The fourth-order valence-corrected chi connectivity index (χ4v) is 4.21. The minimum absolute atomic E-state index is 0.548. The molecule has 21 heavy (non-hydrogen) atoms. The molecular weight excluding hydrogens is 278 g/mol. The Kier molecular flexibility index (Phi) is 5.12. The molecule has 1 atom stereocenters. The predicted octanol–water partition coefficient (Wildman–Crippen LogP) is 4.41. The molecule has 1 aromatic rings. The molecule has 1 N–H and O–H groups in total. The Bertz CT molecular complexity index is 435. The average molecular weight is 305 g/mol. The van der Waals surface area contributed by atoms with Crippen LogP contribution in [0.4, 0.5) is 0 Å². The Hall–Kier alpha value is -0.670. The fraction of sp³-hybridized carbons (Fsp3) is 0.667. The molecule has 0 aromatic heterocycles. The highest BCUT2D eigenvalue weighted by molar-refractivity contribution is 7.99. The maximum Gasteiger partial charge on any atom is 0.118 e. The largest absolute Gasteiger partial charge is 0.497 e. The van der Waals surface area contributed by atoms with Crippen molar-refractivity contribution in [3.63, 3.8) is 0 Å². The summed E-state index contributed by atoms with van der Waals surface area (Å²) in [6.45, 7) is 0. The highest BCUT2D eigenvalue weighted by atomic mass is 32.2. The van der Waals surface area contributed by atoms with Crippen LogP contribution in [0, 0.1) is 5.92 Å². The third kappa shape index (κ3) is 3.95. The Balaban J connectivity index is 1.62. The lowest BCUT2D eigenvalue weighted by atomic mass is 9.92. The van der Waals surface area contributed by atoms with Gasteiger partial charge in [-0.3, -0.25) is 0 Å². The van der Waals surface area contributed by atoms with Gasteiger partial charge < -0.3 is 10.1 Å². The van der Waals surface area contributed by atoms with E-state index in [9.17, 15) is 0 Å². The van der Waals surface area contributed by atoms with Crippen molar-refractivity contribution < 1.29 is 4.74 Å². The van der Waals surface area contributed by atoms with Gasteiger partial charge in [0.2, 0.25) is 0 Å². The number of hydrogen-bond acceptors (Lipinski definition) is 3. The highest BCUT2D eigenvalue weighted by Crippen LogP contribution is 2.42. The Morgan fingerprint density at radius 1 is 1.05 bits per heavy atom. The molecule has 0 bridgehead atoms. The van der Waals surface area contributed by atoms with Crippen LogP contribution in [0.15, 0.2) is 24.3 Å². The van der Waals surface area contributed by atoms with Crippen molar-refractivity contribution in [1.29, 1.82) is 0 Å². The van der Waals surface area contributed by atoms with E-state index in [2.05, 4.69) is 35.8 Å². The molecule has 0 saturated heterocycles. The Morgan fingerprint density at radius 2 is 1.71 bits per heavy atom. The third-order valence-electron chi connectivity index (χ3n) is 4.99. The first-order valence-electron chi connectivity index (χ1n) is 8.23. The molecule has 1 unspecified atom stereocenters. The van der Waals surface area contributed by atoms with E-state index in [1.165, 1.54) is 44.1 Å². The van der Waals surface area contributed by atoms with Crippen LogP contribution in [0.2, 0.25) is 0 Å². The molecule has 1 aromatic carbocycles. The second-order valence-corrected chi connectivity index (χ2v) is 7.60. The van der Waals surface area contributed by atoms with Crippen molar-refractivity contribution >= 4 is 11.8 Å². The zero-order valence-electron chi connectivity index (χ0n) is 13.2. The van der Waals surface area contributed by atoms with Gasteiger partial charge in [-0.2, -0.15) is 11.8 Å². The van der Waals surface area contributed by atoms with Crippen LogP contribution in [0.3, 0.4) is 0 Å². The zero-order valence-corrected chi connectivity index (χ0v) is 14.0. The van der Waals surface area contributed by atoms with Gasteiger partial charge in [-0.05, 0) is 68.4 Å². The molecule has 2 saturated carbocycles. The van der Waals surface area contributed by atoms with Gasteiger partial charge in [0.25, 0.3) is 0 Å². The summed E-state index contributed by atoms with van der Waals surface area (Å²) in [5, 5.41) is 4.86. The number of thioether (sulfide) groups is 1. The summed E-state index contributed by atoms with van der Waals surface area (Å²) in [4.78, 5) is 0. The van der Waals surface area contributed by atoms with E-state index in [4.69, 9.17) is 4.74 Å². The molecule has 2 aliphatic rings. The van der Waals surface area contributed by atoms with Gasteiger partial charge in [-0.1, -0.05) is 12.1 Å². The maximum absolute atomic E-state index is 5.28. The zero-order chi connectivity index (χ0) is 14.7. The molecule has 0 spiro atoms. The van der Waals surface area contributed by atoms with E-state index < -0.39 is 0 Å². The molecule has 0 heterocycles. The topological polar surface area (TPSA) is 21.3 Å². The van der Waals surface area contributed by atoms with Crippen LogP contribution in [0.25, 0.3) is 0 Å². The predicted molar refractivity (Wildman–Crippen MR) is 91.2 cm³/mol. The molecule has 2 fully saturated rings. The summed E-state index contributed by atoms with van der Waals surface area (Å²) in [6.07, 6.45) is 10.4. The van der Waals surface area contributed by atoms with Crippen LogP contribution < -0.4 is 10.1 Å². The smallest absolute Gasteiger partial charge is 0.118 e. The molecule has 3 rings (SSSR count). The number of hydrogen-bond donors (Lipinski definition) is 1. The summed E-state index contributed by atoms with van der Waals surface area (Å²) in [5.41, 5.74) is 1.44. The fourth-order valence-electron chi connectivity index (χ4n) is 3.46. The molecular formula is C18H27NOS. The van der Waals surface area contributed by atoms with Crippen LogP contribution >= 0.6 is 11.8 Å². The van der Waals surface area contributed by atoms with E-state index >= 15 is 0 Å². The number of methoxy groups -OCH3 is 1. The first kappa shape index (κ1) is 15.2. The van der Waals surface area contributed by atoms with Gasteiger partial charge in [-0.25, -0.2) is 0 Å². The molecule has 2 aliphatic carbocycles. The molecule has 0 aliphatic heterocycles. The third-order valence-corrected chi connectivity index (χ3v) is 6.13. The lowest BCUT2D eigenvalue weighted by Gasteiger charge is -2.32. The van der Waals surface area contributed by atoms with E-state index in [0.29, 0.717) is 12.1 Å². The van der Waals surface area contributed by atoms with Crippen LogP contribution in [-0.4, -0.2) is 24.7 Å². The van der Waals surface area contributed by atoms with Gasteiger partial charge in [0, 0.05) is 17.3 Å². The summed E-state index contributed by atoms with van der Waals surface area (Å²) in [5.74, 6) is 1.80. The van der Waals surface area contributed by atoms with Crippen LogP contribution in [-0.2, 0) is 0 Å². The molecule has 0 amide bonds. The molecule has 0 radical (unpaired) electrons. The molecule has 116 valence electrons. The van der Waals surface area contributed by atoms with Gasteiger partial charge in [0.1, 0.15) is 5.75 Å². The number of nitrogens with one attached hydrogen (secondary N) is 1. The maximum atomic E-state index is 5.28. The summed E-state index contributed by atoms with van der Waals surface area (Å²) in [6, 6.07) is 9.92. The highest BCUT2D eigenvalue weighted by Gasteiger charge is 2.34.